The van der Waals surface area contributed by atoms with Gasteiger partial charge in [-0.3, -0.25) is 0 Å². The largest absolute Gasteiger partial charge is 0.477 e. The second-order valence-corrected chi connectivity index (χ2v) is 4.85. The highest BCUT2D eigenvalue weighted by Crippen LogP contribution is 2.27. The molecule has 0 aliphatic carbocycles. The van der Waals surface area contributed by atoms with Crippen LogP contribution in [0.4, 0.5) is 5.00 Å². The van der Waals surface area contributed by atoms with Crippen molar-refractivity contribution in [3.8, 4) is 0 Å². The van der Waals surface area contributed by atoms with Crippen LogP contribution in [0.3, 0.4) is 0 Å². The van der Waals surface area contributed by atoms with Gasteiger partial charge in [-0.05, 0) is 18.6 Å². The van der Waals surface area contributed by atoms with Crippen LogP contribution in [0.25, 0.3) is 0 Å². The van der Waals surface area contributed by atoms with Gasteiger partial charge < -0.3 is 14.7 Å². The number of thiophene rings is 1. The molecule has 0 saturated carbocycles. The van der Waals surface area contributed by atoms with Gasteiger partial charge in [-0.1, -0.05) is 6.92 Å². The van der Waals surface area contributed by atoms with E-state index in [1.54, 1.807) is 6.07 Å². The topological polar surface area (TPSA) is 49.8 Å². The van der Waals surface area contributed by atoms with Crippen LogP contribution >= 0.6 is 11.3 Å². The summed E-state index contributed by atoms with van der Waals surface area (Å²) in [5.74, 6) is -0.850. The Bertz CT molecular complexity index is 377. The lowest BCUT2D eigenvalue weighted by molar-refractivity contribution is 0.0386. The van der Waals surface area contributed by atoms with Gasteiger partial charge in [0.2, 0.25) is 0 Å². The van der Waals surface area contributed by atoms with Crippen molar-refractivity contribution < 1.29 is 14.6 Å². The van der Waals surface area contributed by atoms with Crippen LogP contribution in [0.5, 0.6) is 0 Å². The lowest BCUT2D eigenvalue weighted by Gasteiger charge is -2.33. The lowest BCUT2D eigenvalue weighted by Crippen LogP contribution is -2.41. The standard InChI is InChI=1S/C11H15NO3S/c1-2-8-7-12(5-6-15-8)10-4-3-9(16-10)11(13)14/h3-4,8H,2,5-7H2,1H3,(H,13,14). The fourth-order valence-corrected chi connectivity index (χ4v) is 2.66. The number of rotatable bonds is 3. The third-order valence-electron chi connectivity index (χ3n) is 2.71. The molecule has 1 aliphatic rings. The number of hydrogen-bond acceptors (Lipinski definition) is 4. The van der Waals surface area contributed by atoms with Gasteiger partial charge in [-0.25, -0.2) is 4.79 Å². The molecule has 16 heavy (non-hydrogen) atoms. The van der Waals surface area contributed by atoms with E-state index in [-0.39, 0.29) is 6.10 Å². The molecule has 1 atom stereocenters. The third-order valence-corrected chi connectivity index (χ3v) is 3.84. The molecule has 1 N–H and O–H groups in total. The summed E-state index contributed by atoms with van der Waals surface area (Å²) in [5, 5.41) is 9.89. The molecule has 1 aromatic heterocycles. The van der Waals surface area contributed by atoms with Crippen molar-refractivity contribution in [2.24, 2.45) is 0 Å². The smallest absolute Gasteiger partial charge is 0.345 e. The number of aromatic carboxylic acids is 1. The second-order valence-electron chi connectivity index (χ2n) is 3.79. The number of nitrogens with zero attached hydrogens (tertiary/aromatic N) is 1. The number of anilines is 1. The van der Waals surface area contributed by atoms with Crippen LogP contribution in [-0.2, 0) is 4.74 Å². The van der Waals surface area contributed by atoms with Crippen molar-refractivity contribution in [2.45, 2.75) is 19.4 Å². The summed E-state index contributed by atoms with van der Waals surface area (Å²) in [4.78, 5) is 13.4. The Morgan fingerprint density at radius 3 is 3.12 bits per heavy atom. The summed E-state index contributed by atoms with van der Waals surface area (Å²) < 4.78 is 5.58. The van der Waals surface area contributed by atoms with Crippen molar-refractivity contribution in [1.29, 1.82) is 0 Å². The fourth-order valence-electron chi connectivity index (χ4n) is 1.78. The van der Waals surface area contributed by atoms with E-state index in [0.29, 0.717) is 4.88 Å². The number of ether oxygens (including phenoxy) is 1. The van der Waals surface area contributed by atoms with E-state index in [0.717, 1.165) is 31.1 Å². The summed E-state index contributed by atoms with van der Waals surface area (Å²) in [5.41, 5.74) is 0. The van der Waals surface area contributed by atoms with Crippen molar-refractivity contribution in [2.75, 3.05) is 24.6 Å². The SMILES string of the molecule is CCC1CN(c2ccc(C(=O)O)s2)CCO1. The Morgan fingerprint density at radius 2 is 2.50 bits per heavy atom. The monoisotopic (exact) mass is 241 g/mol. The Hall–Kier alpha value is -1.07. The maximum absolute atomic E-state index is 10.8. The minimum atomic E-state index is -0.850. The van der Waals surface area contributed by atoms with Gasteiger partial charge in [0.05, 0.1) is 17.7 Å². The Balaban J connectivity index is 2.08. The van der Waals surface area contributed by atoms with Crippen LogP contribution in [0.2, 0.25) is 0 Å². The normalized spacial score (nSPS) is 21.1. The highest BCUT2D eigenvalue weighted by atomic mass is 32.1. The molecule has 2 rings (SSSR count). The van der Waals surface area contributed by atoms with Crippen LogP contribution < -0.4 is 4.90 Å². The highest BCUT2D eigenvalue weighted by molar-refractivity contribution is 7.17. The molecule has 0 spiro atoms. The molecule has 1 unspecified atom stereocenters. The predicted molar refractivity (Wildman–Crippen MR) is 63.5 cm³/mol. The molecule has 5 heteroatoms. The van der Waals surface area contributed by atoms with Crippen LogP contribution in [0.1, 0.15) is 23.0 Å². The van der Waals surface area contributed by atoms with Gasteiger partial charge >= 0.3 is 5.97 Å². The molecule has 1 aromatic rings. The first-order valence-electron chi connectivity index (χ1n) is 5.40. The summed E-state index contributed by atoms with van der Waals surface area (Å²) >= 11 is 1.33. The molecule has 1 saturated heterocycles. The summed E-state index contributed by atoms with van der Waals surface area (Å²) in [6, 6.07) is 3.55. The van der Waals surface area contributed by atoms with Gasteiger partial charge in [0.25, 0.3) is 0 Å². The number of carboxylic acid groups (broad SMARTS) is 1. The van der Waals surface area contributed by atoms with E-state index < -0.39 is 5.97 Å². The first kappa shape index (κ1) is 11.4. The van der Waals surface area contributed by atoms with Crippen molar-refractivity contribution >= 4 is 22.3 Å². The molecule has 1 aliphatic heterocycles. The third kappa shape index (κ3) is 2.36. The number of morpholine rings is 1. The number of carbonyl (C=O) groups is 1. The van der Waals surface area contributed by atoms with Crippen molar-refractivity contribution in [3.05, 3.63) is 17.0 Å². The van der Waals surface area contributed by atoms with E-state index in [4.69, 9.17) is 9.84 Å². The molecular weight excluding hydrogens is 226 g/mol. The molecule has 88 valence electrons. The van der Waals surface area contributed by atoms with Crippen LogP contribution in [0, 0.1) is 0 Å². The predicted octanol–water partition coefficient (Wildman–Crippen LogP) is 2.06. The Labute approximate surface area is 98.4 Å². The minimum Gasteiger partial charge on any atom is -0.477 e. The summed E-state index contributed by atoms with van der Waals surface area (Å²) in [6.07, 6.45) is 1.26. The number of carboxylic acids is 1. The zero-order valence-corrected chi connectivity index (χ0v) is 10.00. The number of hydrogen-bond donors (Lipinski definition) is 1. The zero-order chi connectivity index (χ0) is 11.5. The minimum absolute atomic E-state index is 0.268. The zero-order valence-electron chi connectivity index (χ0n) is 9.18. The summed E-state index contributed by atoms with van der Waals surface area (Å²) in [6.45, 7) is 4.52. The lowest BCUT2D eigenvalue weighted by atomic mass is 10.2. The van der Waals surface area contributed by atoms with E-state index in [1.807, 2.05) is 6.07 Å². The Kier molecular flexibility index (Phi) is 3.46. The van der Waals surface area contributed by atoms with E-state index in [9.17, 15) is 4.79 Å². The molecule has 0 amide bonds. The first-order chi connectivity index (χ1) is 7.70. The van der Waals surface area contributed by atoms with Gasteiger partial charge in [0.15, 0.2) is 0 Å². The van der Waals surface area contributed by atoms with Crippen molar-refractivity contribution in [1.82, 2.24) is 0 Å². The first-order valence-corrected chi connectivity index (χ1v) is 6.22. The molecule has 0 bridgehead atoms. The molecule has 2 heterocycles. The van der Waals surface area contributed by atoms with E-state index in [2.05, 4.69) is 11.8 Å². The van der Waals surface area contributed by atoms with Crippen LogP contribution in [-0.4, -0.2) is 36.9 Å². The highest BCUT2D eigenvalue weighted by Gasteiger charge is 2.21. The fraction of sp³-hybridized carbons (Fsp3) is 0.545. The van der Waals surface area contributed by atoms with Gasteiger partial charge in [0, 0.05) is 13.1 Å². The molecule has 1 fully saturated rings. The van der Waals surface area contributed by atoms with E-state index in [1.165, 1.54) is 11.3 Å². The van der Waals surface area contributed by atoms with Gasteiger partial charge in [0.1, 0.15) is 4.88 Å². The second kappa shape index (κ2) is 4.84. The maximum Gasteiger partial charge on any atom is 0.345 e. The molecule has 4 nitrogen and oxygen atoms in total. The molecule has 0 aromatic carbocycles. The summed E-state index contributed by atoms with van der Waals surface area (Å²) in [7, 11) is 0. The van der Waals surface area contributed by atoms with E-state index >= 15 is 0 Å². The average molecular weight is 241 g/mol. The molecule has 0 radical (unpaired) electrons. The van der Waals surface area contributed by atoms with Gasteiger partial charge in [-0.2, -0.15) is 0 Å². The quantitative estimate of drug-likeness (QED) is 0.880. The Morgan fingerprint density at radius 1 is 1.69 bits per heavy atom. The average Bonchev–Trinajstić information content (AvgIpc) is 2.78. The van der Waals surface area contributed by atoms with Crippen molar-refractivity contribution in [3.63, 3.8) is 0 Å². The van der Waals surface area contributed by atoms with Crippen LogP contribution in [0.15, 0.2) is 12.1 Å². The maximum atomic E-state index is 10.8. The molecular formula is C11H15NO3S. The van der Waals surface area contributed by atoms with Gasteiger partial charge in [-0.15, -0.1) is 11.3 Å².